The maximum Gasteiger partial charge on any atom is 0.229 e. The van der Waals surface area contributed by atoms with Gasteiger partial charge in [0.1, 0.15) is 0 Å². The average molecular weight is 370 g/mol. The minimum atomic E-state index is 0.110. The van der Waals surface area contributed by atoms with Gasteiger partial charge in [-0.2, -0.15) is 0 Å². The number of amides is 1. The molecule has 0 bridgehead atoms. The molecular formula is C13H11IN2OS. The van der Waals surface area contributed by atoms with Crippen molar-refractivity contribution in [2.45, 2.75) is 12.8 Å². The summed E-state index contributed by atoms with van der Waals surface area (Å²) in [6.45, 7) is 0. The van der Waals surface area contributed by atoms with Crippen LogP contribution in [-0.2, 0) is 4.79 Å². The standard InChI is InChI=1S/C13H11IN2OS/c14-10-5-3-8(4-6-10)11-7-18-13(15-11)16-12(17)9-1-2-9/h3-7,9H,1-2H2,(H,15,16,17). The van der Waals surface area contributed by atoms with Gasteiger partial charge < -0.3 is 5.32 Å². The summed E-state index contributed by atoms with van der Waals surface area (Å²) in [5.74, 6) is 0.328. The maximum atomic E-state index is 11.6. The highest BCUT2D eigenvalue weighted by molar-refractivity contribution is 14.1. The lowest BCUT2D eigenvalue weighted by Gasteiger charge is -1.98. The lowest BCUT2D eigenvalue weighted by Crippen LogP contribution is -2.12. The number of halogens is 1. The van der Waals surface area contributed by atoms with E-state index in [9.17, 15) is 4.79 Å². The molecule has 1 aromatic carbocycles. The molecule has 3 rings (SSSR count). The zero-order chi connectivity index (χ0) is 12.5. The number of anilines is 1. The molecule has 1 fully saturated rings. The predicted molar refractivity (Wildman–Crippen MR) is 81.6 cm³/mol. The van der Waals surface area contributed by atoms with Crippen LogP contribution in [0, 0.1) is 9.49 Å². The van der Waals surface area contributed by atoms with Crippen molar-refractivity contribution >= 4 is 45.0 Å². The Bertz CT molecular complexity index is 575. The van der Waals surface area contributed by atoms with Crippen molar-refractivity contribution in [3.63, 3.8) is 0 Å². The first-order valence-electron chi connectivity index (χ1n) is 5.75. The fourth-order valence-corrected chi connectivity index (χ4v) is 2.72. The molecule has 1 aliphatic rings. The summed E-state index contributed by atoms with van der Waals surface area (Å²) in [6.07, 6.45) is 2.03. The van der Waals surface area contributed by atoms with Crippen LogP contribution in [-0.4, -0.2) is 10.9 Å². The normalized spacial score (nSPS) is 14.5. The molecule has 0 aliphatic heterocycles. The van der Waals surface area contributed by atoms with Gasteiger partial charge in [0.15, 0.2) is 5.13 Å². The fourth-order valence-electron chi connectivity index (χ4n) is 1.64. The minimum Gasteiger partial charge on any atom is -0.302 e. The van der Waals surface area contributed by atoms with Crippen molar-refractivity contribution in [2.24, 2.45) is 5.92 Å². The van der Waals surface area contributed by atoms with Crippen LogP contribution in [0.25, 0.3) is 11.3 Å². The van der Waals surface area contributed by atoms with E-state index >= 15 is 0 Å². The second-order valence-electron chi connectivity index (χ2n) is 4.31. The van der Waals surface area contributed by atoms with Crippen LogP contribution in [0.4, 0.5) is 5.13 Å². The fraction of sp³-hybridized carbons (Fsp3) is 0.231. The Labute approximate surface area is 123 Å². The molecule has 0 unspecified atom stereocenters. The molecule has 5 heteroatoms. The lowest BCUT2D eigenvalue weighted by atomic mass is 10.2. The molecule has 1 aliphatic carbocycles. The zero-order valence-corrected chi connectivity index (χ0v) is 12.5. The largest absolute Gasteiger partial charge is 0.302 e. The predicted octanol–water partition coefficient (Wildman–Crippen LogP) is 3.76. The third kappa shape index (κ3) is 2.72. The number of hydrogen-bond donors (Lipinski definition) is 1. The molecule has 0 radical (unpaired) electrons. The third-order valence-corrected chi connectivity index (χ3v) is 4.30. The topological polar surface area (TPSA) is 42.0 Å². The zero-order valence-electron chi connectivity index (χ0n) is 9.52. The summed E-state index contributed by atoms with van der Waals surface area (Å²) in [5.41, 5.74) is 2.00. The van der Waals surface area contributed by atoms with Crippen LogP contribution in [0.3, 0.4) is 0 Å². The second kappa shape index (κ2) is 4.97. The summed E-state index contributed by atoms with van der Waals surface area (Å²) in [4.78, 5) is 16.1. The Kier molecular flexibility index (Phi) is 3.34. The van der Waals surface area contributed by atoms with E-state index in [1.807, 2.05) is 17.5 Å². The van der Waals surface area contributed by atoms with Gasteiger partial charge in [-0.3, -0.25) is 4.79 Å². The van der Waals surface area contributed by atoms with Gasteiger partial charge in [0.2, 0.25) is 5.91 Å². The Morgan fingerprint density at radius 2 is 2.06 bits per heavy atom. The van der Waals surface area contributed by atoms with Crippen LogP contribution >= 0.6 is 33.9 Å². The van der Waals surface area contributed by atoms with Crippen molar-refractivity contribution in [3.05, 3.63) is 33.2 Å². The Hall–Kier alpha value is -0.950. The quantitative estimate of drug-likeness (QED) is 0.836. The number of nitrogens with one attached hydrogen (secondary N) is 1. The molecule has 0 spiro atoms. The monoisotopic (exact) mass is 370 g/mol. The maximum absolute atomic E-state index is 11.6. The molecule has 1 saturated carbocycles. The molecule has 18 heavy (non-hydrogen) atoms. The van der Waals surface area contributed by atoms with Gasteiger partial charge >= 0.3 is 0 Å². The number of benzene rings is 1. The molecule has 1 aromatic heterocycles. The first-order valence-corrected chi connectivity index (χ1v) is 7.70. The van der Waals surface area contributed by atoms with E-state index in [2.05, 4.69) is 45.0 Å². The highest BCUT2D eigenvalue weighted by Gasteiger charge is 2.30. The van der Waals surface area contributed by atoms with Gasteiger partial charge in [-0.05, 0) is 47.6 Å². The van der Waals surface area contributed by atoms with Crippen molar-refractivity contribution < 1.29 is 4.79 Å². The molecule has 1 N–H and O–H groups in total. The van der Waals surface area contributed by atoms with Crippen molar-refractivity contribution in [1.29, 1.82) is 0 Å². The first-order chi connectivity index (χ1) is 8.72. The van der Waals surface area contributed by atoms with E-state index in [4.69, 9.17) is 0 Å². The van der Waals surface area contributed by atoms with Crippen molar-refractivity contribution in [1.82, 2.24) is 4.98 Å². The Morgan fingerprint density at radius 1 is 1.33 bits per heavy atom. The molecule has 0 atom stereocenters. The summed E-state index contributed by atoms with van der Waals surface area (Å²) >= 11 is 3.75. The van der Waals surface area contributed by atoms with Crippen LogP contribution in [0.1, 0.15) is 12.8 Å². The van der Waals surface area contributed by atoms with Gasteiger partial charge in [-0.25, -0.2) is 4.98 Å². The van der Waals surface area contributed by atoms with Crippen molar-refractivity contribution in [2.75, 3.05) is 5.32 Å². The number of nitrogens with zero attached hydrogens (tertiary/aromatic N) is 1. The number of carbonyl (C=O) groups excluding carboxylic acids is 1. The highest BCUT2D eigenvalue weighted by atomic mass is 127. The van der Waals surface area contributed by atoms with E-state index in [0.717, 1.165) is 24.1 Å². The summed E-state index contributed by atoms with van der Waals surface area (Å²) in [5, 5.41) is 5.54. The van der Waals surface area contributed by atoms with Crippen LogP contribution in [0.15, 0.2) is 29.6 Å². The van der Waals surface area contributed by atoms with E-state index < -0.39 is 0 Å². The highest BCUT2D eigenvalue weighted by Crippen LogP contribution is 2.31. The van der Waals surface area contributed by atoms with Gasteiger partial charge in [-0.1, -0.05) is 12.1 Å². The summed E-state index contributed by atoms with van der Waals surface area (Å²) < 4.78 is 1.20. The minimum absolute atomic E-state index is 0.110. The van der Waals surface area contributed by atoms with E-state index in [1.54, 1.807) is 0 Å². The van der Waals surface area contributed by atoms with Gasteiger partial charge in [0.25, 0.3) is 0 Å². The third-order valence-electron chi connectivity index (χ3n) is 2.82. The van der Waals surface area contributed by atoms with Gasteiger partial charge in [-0.15, -0.1) is 11.3 Å². The molecule has 92 valence electrons. The first kappa shape index (κ1) is 12.1. The molecular weight excluding hydrogens is 359 g/mol. The molecule has 1 amide bonds. The van der Waals surface area contributed by atoms with Crippen LogP contribution in [0.2, 0.25) is 0 Å². The average Bonchev–Trinajstić information content (AvgIpc) is 3.12. The number of carbonyl (C=O) groups is 1. The van der Waals surface area contributed by atoms with Gasteiger partial charge in [0, 0.05) is 20.4 Å². The lowest BCUT2D eigenvalue weighted by molar-refractivity contribution is -0.117. The smallest absolute Gasteiger partial charge is 0.229 e. The summed E-state index contributed by atoms with van der Waals surface area (Å²) in [7, 11) is 0. The Morgan fingerprint density at radius 3 is 2.72 bits per heavy atom. The van der Waals surface area contributed by atoms with Crippen LogP contribution < -0.4 is 5.32 Å². The SMILES string of the molecule is O=C(Nc1nc(-c2ccc(I)cc2)cs1)C1CC1. The summed E-state index contributed by atoms with van der Waals surface area (Å²) in [6, 6.07) is 8.20. The number of thiazole rings is 1. The van der Waals surface area contributed by atoms with Crippen molar-refractivity contribution in [3.8, 4) is 11.3 Å². The number of hydrogen-bond acceptors (Lipinski definition) is 3. The van der Waals surface area contributed by atoms with E-state index in [1.165, 1.54) is 14.9 Å². The molecule has 3 nitrogen and oxygen atoms in total. The molecule has 2 aromatic rings. The van der Waals surface area contributed by atoms with Gasteiger partial charge in [0.05, 0.1) is 5.69 Å². The number of aromatic nitrogens is 1. The second-order valence-corrected chi connectivity index (χ2v) is 6.41. The van der Waals surface area contributed by atoms with E-state index in [0.29, 0.717) is 5.13 Å². The molecule has 1 heterocycles. The van der Waals surface area contributed by atoms with E-state index in [-0.39, 0.29) is 11.8 Å². The Balaban J connectivity index is 1.76. The van der Waals surface area contributed by atoms with Crippen LogP contribution in [0.5, 0.6) is 0 Å². The number of rotatable bonds is 3. The molecule has 0 saturated heterocycles.